The van der Waals surface area contributed by atoms with E-state index in [2.05, 4.69) is 10.4 Å². The molecule has 0 aliphatic carbocycles. The molecule has 1 aliphatic heterocycles. The molecule has 3 rings (SSSR count). The maximum atomic E-state index is 12.6. The van der Waals surface area contributed by atoms with Gasteiger partial charge in [-0.3, -0.25) is 14.3 Å². The molecule has 0 spiro atoms. The predicted molar refractivity (Wildman–Crippen MR) is 96.7 cm³/mol. The Hall–Kier alpha value is -2.34. The van der Waals surface area contributed by atoms with E-state index < -0.39 is 0 Å². The summed E-state index contributed by atoms with van der Waals surface area (Å²) in [7, 11) is 0. The van der Waals surface area contributed by atoms with Crippen LogP contribution in [0.1, 0.15) is 36.0 Å². The quantitative estimate of drug-likeness (QED) is 0.860. The summed E-state index contributed by atoms with van der Waals surface area (Å²) in [5.41, 5.74) is 0.972. The molecular formula is C18H21ClN4O2. The number of nitrogens with zero attached hydrogens (tertiary/aromatic N) is 3. The second-order valence-electron chi connectivity index (χ2n) is 6.11. The number of nitrogens with one attached hydrogen (secondary N) is 1. The standard InChI is InChI=1S/C18H21ClN4O2/c19-14-6-7-15(18(25)22-9-1-2-10-22)16(13-14)21-17(24)5-3-11-23-12-4-8-20-23/h4,6-8,12-13H,1-3,5,9-11H2,(H,21,24). The van der Waals surface area contributed by atoms with Crippen molar-refractivity contribution in [2.24, 2.45) is 0 Å². The molecule has 2 amide bonds. The lowest BCUT2D eigenvalue weighted by Crippen LogP contribution is -2.28. The predicted octanol–water partition coefficient (Wildman–Crippen LogP) is 3.19. The highest BCUT2D eigenvalue weighted by Gasteiger charge is 2.22. The van der Waals surface area contributed by atoms with Crippen LogP contribution >= 0.6 is 11.6 Å². The van der Waals surface area contributed by atoms with Crippen molar-refractivity contribution in [3.8, 4) is 0 Å². The van der Waals surface area contributed by atoms with E-state index in [9.17, 15) is 9.59 Å². The fourth-order valence-electron chi connectivity index (χ4n) is 2.94. The van der Waals surface area contributed by atoms with Gasteiger partial charge in [0.15, 0.2) is 0 Å². The Balaban J connectivity index is 1.63. The zero-order valence-electron chi connectivity index (χ0n) is 13.9. The van der Waals surface area contributed by atoms with E-state index in [4.69, 9.17) is 11.6 Å². The van der Waals surface area contributed by atoms with Crippen LogP contribution in [-0.2, 0) is 11.3 Å². The zero-order valence-corrected chi connectivity index (χ0v) is 14.7. The fourth-order valence-corrected chi connectivity index (χ4v) is 3.12. The van der Waals surface area contributed by atoms with Crippen molar-refractivity contribution in [2.75, 3.05) is 18.4 Å². The minimum Gasteiger partial charge on any atom is -0.339 e. The topological polar surface area (TPSA) is 67.2 Å². The highest BCUT2D eigenvalue weighted by Crippen LogP contribution is 2.24. The average Bonchev–Trinajstić information content (AvgIpc) is 3.28. The second kappa shape index (κ2) is 8.16. The molecule has 2 heterocycles. The number of hydrogen-bond acceptors (Lipinski definition) is 3. The summed E-state index contributed by atoms with van der Waals surface area (Å²) in [4.78, 5) is 26.7. The molecule has 1 fully saturated rings. The Morgan fingerprint density at radius 1 is 1.24 bits per heavy atom. The molecule has 0 unspecified atom stereocenters. The van der Waals surface area contributed by atoms with Crippen LogP contribution in [0.5, 0.6) is 0 Å². The van der Waals surface area contributed by atoms with Crippen molar-refractivity contribution in [1.29, 1.82) is 0 Å². The molecule has 0 bridgehead atoms. The number of aromatic nitrogens is 2. The number of likely N-dealkylation sites (tertiary alicyclic amines) is 1. The van der Waals surface area contributed by atoms with Gasteiger partial charge in [0, 0.05) is 43.5 Å². The number of benzene rings is 1. The van der Waals surface area contributed by atoms with E-state index in [-0.39, 0.29) is 11.8 Å². The summed E-state index contributed by atoms with van der Waals surface area (Å²) < 4.78 is 1.79. The molecule has 1 aromatic heterocycles. The largest absolute Gasteiger partial charge is 0.339 e. The molecule has 6 nitrogen and oxygen atoms in total. The highest BCUT2D eigenvalue weighted by molar-refractivity contribution is 6.31. The van der Waals surface area contributed by atoms with Crippen molar-refractivity contribution >= 4 is 29.1 Å². The molecule has 1 aromatic carbocycles. The molecule has 0 atom stereocenters. The van der Waals surface area contributed by atoms with Gasteiger partial charge in [0.2, 0.25) is 5.91 Å². The lowest BCUT2D eigenvalue weighted by atomic mass is 10.1. The monoisotopic (exact) mass is 360 g/mol. The van der Waals surface area contributed by atoms with Crippen LogP contribution in [-0.4, -0.2) is 39.6 Å². The summed E-state index contributed by atoms with van der Waals surface area (Å²) in [5, 5.41) is 7.43. The molecule has 7 heteroatoms. The normalized spacial score (nSPS) is 13.9. The maximum Gasteiger partial charge on any atom is 0.255 e. The molecular weight excluding hydrogens is 340 g/mol. The molecule has 1 aliphatic rings. The van der Waals surface area contributed by atoms with Gasteiger partial charge in [0.1, 0.15) is 0 Å². The summed E-state index contributed by atoms with van der Waals surface area (Å²) in [5.74, 6) is -0.189. The number of carbonyl (C=O) groups excluding carboxylic acids is 2. The molecule has 0 saturated carbocycles. The first-order valence-corrected chi connectivity index (χ1v) is 8.87. The van der Waals surface area contributed by atoms with Crippen molar-refractivity contribution in [3.63, 3.8) is 0 Å². The van der Waals surface area contributed by atoms with Gasteiger partial charge in [-0.2, -0.15) is 5.10 Å². The fraction of sp³-hybridized carbons (Fsp3) is 0.389. The molecule has 0 radical (unpaired) electrons. The minimum absolute atomic E-state index is 0.0546. The van der Waals surface area contributed by atoms with Gasteiger partial charge in [0.05, 0.1) is 11.3 Å². The van der Waals surface area contributed by atoms with Crippen molar-refractivity contribution < 1.29 is 9.59 Å². The molecule has 25 heavy (non-hydrogen) atoms. The van der Waals surface area contributed by atoms with Gasteiger partial charge < -0.3 is 10.2 Å². The van der Waals surface area contributed by atoms with E-state index in [0.29, 0.717) is 35.7 Å². The van der Waals surface area contributed by atoms with Crippen LogP contribution in [0.25, 0.3) is 0 Å². The van der Waals surface area contributed by atoms with Crippen LogP contribution < -0.4 is 5.32 Å². The van der Waals surface area contributed by atoms with Crippen LogP contribution in [0.4, 0.5) is 5.69 Å². The van der Waals surface area contributed by atoms with E-state index in [1.807, 2.05) is 17.2 Å². The van der Waals surface area contributed by atoms with E-state index in [0.717, 1.165) is 25.9 Å². The van der Waals surface area contributed by atoms with Crippen molar-refractivity contribution in [1.82, 2.24) is 14.7 Å². The van der Waals surface area contributed by atoms with Crippen LogP contribution in [0.15, 0.2) is 36.7 Å². The lowest BCUT2D eigenvalue weighted by Gasteiger charge is -2.18. The minimum atomic E-state index is -0.134. The SMILES string of the molecule is O=C(CCCn1cccn1)Nc1cc(Cl)ccc1C(=O)N1CCCC1. The number of rotatable bonds is 6. The van der Waals surface area contributed by atoms with E-state index >= 15 is 0 Å². The highest BCUT2D eigenvalue weighted by atomic mass is 35.5. The van der Waals surface area contributed by atoms with E-state index in [1.165, 1.54) is 0 Å². The number of halogens is 1. The Morgan fingerprint density at radius 3 is 2.76 bits per heavy atom. The van der Waals surface area contributed by atoms with Gasteiger partial charge in [-0.05, 0) is 43.5 Å². The second-order valence-corrected chi connectivity index (χ2v) is 6.55. The van der Waals surface area contributed by atoms with Crippen molar-refractivity contribution in [2.45, 2.75) is 32.2 Å². The summed E-state index contributed by atoms with van der Waals surface area (Å²) in [6.45, 7) is 2.20. The van der Waals surface area contributed by atoms with Gasteiger partial charge in [-0.15, -0.1) is 0 Å². The Bertz CT molecular complexity index is 740. The number of amides is 2. The summed E-state index contributed by atoms with van der Waals surface area (Å²) in [6, 6.07) is 6.85. The molecule has 132 valence electrons. The smallest absolute Gasteiger partial charge is 0.255 e. The molecule has 1 saturated heterocycles. The Kier molecular flexibility index (Phi) is 5.71. The van der Waals surface area contributed by atoms with Gasteiger partial charge in [-0.1, -0.05) is 11.6 Å². The maximum absolute atomic E-state index is 12.6. The summed E-state index contributed by atoms with van der Waals surface area (Å²) in [6.07, 6.45) is 6.64. The van der Waals surface area contributed by atoms with Gasteiger partial charge in [-0.25, -0.2) is 0 Å². The third-order valence-electron chi connectivity index (χ3n) is 4.23. The first kappa shape index (κ1) is 17.5. The lowest BCUT2D eigenvalue weighted by molar-refractivity contribution is -0.116. The summed E-state index contributed by atoms with van der Waals surface area (Å²) >= 11 is 6.05. The first-order chi connectivity index (χ1) is 12.1. The van der Waals surface area contributed by atoms with Gasteiger partial charge in [0.25, 0.3) is 5.91 Å². The van der Waals surface area contributed by atoms with Crippen LogP contribution in [0.2, 0.25) is 5.02 Å². The molecule has 2 aromatic rings. The molecule has 1 N–H and O–H groups in total. The van der Waals surface area contributed by atoms with Gasteiger partial charge >= 0.3 is 0 Å². The number of anilines is 1. The van der Waals surface area contributed by atoms with Crippen LogP contribution in [0, 0.1) is 0 Å². The number of aryl methyl sites for hydroxylation is 1. The van der Waals surface area contributed by atoms with Crippen molar-refractivity contribution in [3.05, 3.63) is 47.2 Å². The third-order valence-corrected chi connectivity index (χ3v) is 4.46. The number of carbonyl (C=O) groups is 2. The average molecular weight is 361 g/mol. The Labute approximate surface area is 151 Å². The van der Waals surface area contributed by atoms with Crippen LogP contribution in [0.3, 0.4) is 0 Å². The first-order valence-electron chi connectivity index (χ1n) is 8.49. The zero-order chi connectivity index (χ0) is 17.6. The Morgan fingerprint density at radius 2 is 2.04 bits per heavy atom. The number of hydrogen-bond donors (Lipinski definition) is 1. The van der Waals surface area contributed by atoms with E-state index in [1.54, 1.807) is 29.1 Å². The third kappa shape index (κ3) is 4.60.